The van der Waals surface area contributed by atoms with E-state index in [1.807, 2.05) is 0 Å². The summed E-state index contributed by atoms with van der Waals surface area (Å²) < 4.78 is 0. The van der Waals surface area contributed by atoms with E-state index in [0.717, 1.165) is 96.3 Å². The van der Waals surface area contributed by atoms with Crippen molar-refractivity contribution < 1.29 is 0 Å². The molecule has 6 aromatic carbocycles. The monoisotopic (exact) mass is 1250 g/mol. The molecule has 0 saturated heterocycles. The van der Waals surface area contributed by atoms with Gasteiger partial charge in [-0.3, -0.25) is 0 Å². The quantitative estimate of drug-likeness (QED) is 0.0386. The summed E-state index contributed by atoms with van der Waals surface area (Å²) in [4.78, 5) is 0. The molecule has 3 fully saturated rings. The predicted molar refractivity (Wildman–Crippen MR) is 399 cm³/mol. The Morgan fingerprint density at radius 3 is 0.688 bits per heavy atom. The van der Waals surface area contributed by atoms with Crippen LogP contribution in [0.4, 0.5) is 0 Å². The zero-order valence-corrected chi connectivity index (χ0v) is 59.5. The maximum atomic E-state index is 9.81. The molecule has 0 radical (unpaired) electrons. The fraction of sp³-hybridized carbons (Fsp3) is 0.567. The molecule has 0 spiro atoms. The molecule has 0 atom stereocenters. The molecule has 3 heteroatoms. The fourth-order valence-electron chi connectivity index (χ4n) is 15.6. The van der Waals surface area contributed by atoms with Gasteiger partial charge >= 0.3 is 0 Å². The van der Waals surface area contributed by atoms with Gasteiger partial charge in [-0.15, -0.1) is 0 Å². The van der Waals surface area contributed by atoms with E-state index in [1.165, 1.54) is 221 Å². The van der Waals surface area contributed by atoms with Crippen molar-refractivity contribution in [2.45, 2.75) is 310 Å². The van der Waals surface area contributed by atoms with Crippen LogP contribution < -0.4 is 0 Å². The van der Waals surface area contributed by atoms with Crippen LogP contribution in [-0.4, -0.2) is 0 Å². The van der Waals surface area contributed by atoms with Gasteiger partial charge in [0.05, 0.1) is 34.5 Å². The second-order valence-corrected chi connectivity index (χ2v) is 29.3. The van der Waals surface area contributed by atoms with Crippen LogP contribution in [0, 0.1) is 50.2 Å². The first kappa shape index (κ1) is 74.2. The molecule has 3 saturated carbocycles. The molecule has 0 unspecified atom stereocenters. The zero-order valence-electron chi connectivity index (χ0n) is 59.5. The topological polar surface area (TPSA) is 71.4 Å². The summed E-state index contributed by atoms with van der Waals surface area (Å²) in [5, 5.41) is 29.4. The van der Waals surface area contributed by atoms with E-state index in [4.69, 9.17) is 0 Å². The molecule has 0 amide bonds. The number of benzene rings is 6. The Balaban J connectivity index is 0.000000198. The SMILES string of the molecule is CCCCCCCc1ccc(-c2ccc(C3CCC(C#N)(CCCCC)CC3)cc2)cc1.CCCCCCc1ccc(-c2ccc(C3CCC(C#N)(CCCCC)CC3)cc2)cc1.CCCCCc1ccc(-c2ccc(C3CCC(C#N)(CCCCC)CC3)cc2)cc1. The van der Waals surface area contributed by atoms with Crippen LogP contribution in [0.15, 0.2) is 146 Å². The molecule has 9 rings (SSSR count). The highest BCUT2D eigenvalue weighted by atomic mass is 14.4. The van der Waals surface area contributed by atoms with E-state index in [0.29, 0.717) is 17.8 Å². The van der Waals surface area contributed by atoms with Crippen molar-refractivity contribution in [2.75, 3.05) is 0 Å². The summed E-state index contributed by atoms with van der Waals surface area (Å²) in [6, 6.07) is 63.3. The van der Waals surface area contributed by atoms with Crippen molar-refractivity contribution in [1.82, 2.24) is 0 Å². The van der Waals surface area contributed by atoms with Gasteiger partial charge in [0.15, 0.2) is 0 Å². The number of rotatable bonds is 33. The lowest BCUT2D eigenvalue weighted by atomic mass is 9.67. The van der Waals surface area contributed by atoms with E-state index in [1.54, 1.807) is 0 Å². The molecule has 0 aliphatic heterocycles. The molecule has 498 valence electrons. The van der Waals surface area contributed by atoms with Gasteiger partial charge in [0.2, 0.25) is 0 Å². The third kappa shape index (κ3) is 23.9. The van der Waals surface area contributed by atoms with Gasteiger partial charge in [-0.2, -0.15) is 15.8 Å². The van der Waals surface area contributed by atoms with Crippen LogP contribution >= 0.6 is 0 Å². The molecule has 6 aromatic rings. The average Bonchev–Trinajstić information content (AvgIpc) is 1.67. The van der Waals surface area contributed by atoms with Gasteiger partial charge < -0.3 is 0 Å². The van der Waals surface area contributed by atoms with Crippen molar-refractivity contribution in [3.05, 3.63) is 179 Å². The molecule has 93 heavy (non-hydrogen) atoms. The lowest BCUT2D eigenvalue weighted by Gasteiger charge is -2.35. The summed E-state index contributed by atoms with van der Waals surface area (Å²) in [5.41, 5.74) is 16.4. The Kier molecular flexibility index (Phi) is 32.6. The molecule has 3 nitrogen and oxygen atoms in total. The number of hydrogen-bond acceptors (Lipinski definition) is 3. The van der Waals surface area contributed by atoms with E-state index in [-0.39, 0.29) is 16.2 Å². The van der Waals surface area contributed by atoms with Crippen LogP contribution in [-0.2, 0) is 19.3 Å². The number of aryl methyl sites for hydroxylation is 3. The predicted octanol–water partition coefficient (Wildman–Crippen LogP) is 27.7. The normalized spacial score (nSPS) is 21.0. The van der Waals surface area contributed by atoms with E-state index >= 15 is 0 Å². The lowest BCUT2D eigenvalue weighted by molar-refractivity contribution is 0.223. The first-order chi connectivity index (χ1) is 45.6. The van der Waals surface area contributed by atoms with Gasteiger partial charge in [0, 0.05) is 0 Å². The summed E-state index contributed by atoms with van der Waals surface area (Å²) in [7, 11) is 0. The van der Waals surface area contributed by atoms with Crippen LogP contribution in [0.5, 0.6) is 0 Å². The van der Waals surface area contributed by atoms with Crippen LogP contribution in [0.25, 0.3) is 33.4 Å². The summed E-state index contributed by atoms with van der Waals surface area (Å²) in [6.07, 6.45) is 47.2. The standard InChI is InChI=1S/C31H43N.C30H41N.C29H39N/c1-3-5-7-8-9-11-26-12-14-27(15-13-26)28-16-18-29(19-17-28)30-20-23-31(25-32,24-21-30)22-10-6-4-2;1-3-5-7-8-10-25-11-13-26(14-12-25)27-15-17-28(18-16-27)29-19-22-30(24-31,23-20-29)21-9-6-4-2;1-3-5-7-9-24-10-12-25(13-11-24)26-14-16-27(17-15-26)28-18-21-29(23-30,22-19-28)20-8-6-4-2/h12-19,30H,3-11,20-24H2,1-2H3;11-18,29H,3-10,19-23H2,1-2H3;10-17,28H,3-9,18-22H2,1-2H3. The van der Waals surface area contributed by atoms with Crippen molar-refractivity contribution in [3.63, 3.8) is 0 Å². The van der Waals surface area contributed by atoms with Crippen LogP contribution in [0.2, 0.25) is 0 Å². The second kappa shape index (κ2) is 40.9. The van der Waals surface area contributed by atoms with Crippen molar-refractivity contribution in [1.29, 1.82) is 15.8 Å². The number of hydrogen-bond donors (Lipinski definition) is 0. The largest absolute Gasteiger partial charge is 0.198 e. The maximum absolute atomic E-state index is 9.81. The van der Waals surface area contributed by atoms with Gasteiger partial charge in [-0.05, 0) is 219 Å². The third-order valence-corrected chi connectivity index (χ3v) is 22.3. The Hall–Kier alpha value is -6.21. The van der Waals surface area contributed by atoms with E-state index < -0.39 is 0 Å². The summed E-state index contributed by atoms with van der Waals surface area (Å²) in [5.74, 6) is 1.85. The lowest BCUT2D eigenvalue weighted by Crippen LogP contribution is -2.25. The zero-order chi connectivity index (χ0) is 65.8. The van der Waals surface area contributed by atoms with Gasteiger partial charge in [-0.1, -0.05) is 303 Å². The molecule has 0 aromatic heterocycles. The van der Waals surface area contributed by atoms with Gasteiger partial charge in [-0.25, -0.2) is 0 Å². The smallest absolute Gasteiger partial charge is 0.0689 e. The molecule has 0 heterocycles. The highest BCUT2D eigenvalue weighted by molar-refractivity contribution is 5.66. The molecule has 0 N–H and O–H groups in total. The van der Waals surface area contributed by atoms with E-state index in [9.17, 15) is 15.8 Å². The van der Waals surface area contributed by atoms with Crippen molar-refractivity contribution in [3.8, 4) is 51.6 Å². The van der Waals surface area contributed by atoms with Crippen LogP contribution in [0.3, 0.4) is 0 Å². The first-order valence-electron chi connectivity index (χ1n) is 38.4. The minimum atomic E-state index is -0.0522. The maximum Gasteiger partial charge on any atom is 0.0689 e. The number of unbranched alkanes of at least 4 members (excludes halogenated alkanes) is 15. The fourth-order valence-corrected chi connectivity index (χ4v) is 15.6. The molecular weight excluding hydrogens is 1120 g/mol. The van der Waals surface area contributed by atoms with E-state index in [2.05, 4.69) is 205 Å². The van der Waals surface area contributed by atoms with Gasteiger partial charge in [0.1, 0.15) is 0 Å². The Morgan fingerprint density at radius 1 is 0.258 bits per heavy atom. The molecule has 0 bridgehead atoms. The highest BCUT2D eigenvalue weighted by Gasteiger charge is 2.38. The average molecular weight is 1250 g/mol. The summed E-state index contributed by atoms with van der Waals surface area (Å²) in [6.45, 7) is 13.5. The molecule has 3 aliphatic rings. The van der Waals surface area contributed by atoms with Crippen molar-refractivity contribution in [2.24, 2.45) is 16.2 Å². The van der Waals surface area contributed by atoms with Crippen molar-refractivity contribution >= 4 is 0 Å². The molecule has 3 aliphatic carbocycles. The Bertz CT molecular complexity index is 3080. The number of nitriles is 3. The Morgan fingerprint density at radius 2 is 0.452 bits per heavy atom. The Labute approximate surface area is 569 Å². The second-order valence-electron chi connectivity index (χ2n) is 29.3. The highest BCUT2D eigenvalue weighted by Crippen LogP contribution is 2.49. The number of nitrogens with zero attached hydrogens (tertiary/aromatic N) is 3. The minimum Gasteiger partial charge on any atom is -0.198 e. The third-order valence-electron chi connectivity index (χ3n) is 22.3. The first-order valence-corrected chi connectivity index (χ1v) is 38.4. The minimum absolute atomic E-state index is 0.0511. The molecular formula is C90H123N3. The summed E-state index contributed by atoms with van der Waals surface area (Å²) >= 11 is 0. The van der Waals surface area contributed by atoms with Gasteiger partial charge in [0.25, 0.3) is 0 Å². The van der Waals surface area contributed by atoms with Crippen LogP contribution in [0.1, 0.15) is 324 Å².